The molecule has 31 heavy (non-hydrogen) atoms. The number of amides is 3. The summed E-state index contributed by atoms with van der Waals surface area (Å²) in [7, 11) is 0. The van der Waals surface area contributed by atoms with Crippen LogP contribution in [0.15, 0.2) is 30.3 Å². The van der Waals surface area contributed by atoms with E-state index in [1.165, 1.54) is 4.90 Å². The van der Waals surface area contributed by atoms with Gasteiger partial charge in [0.1, 0.15) is 11.6 Å². The molecule has 4 atom stereocenters. The van der Waals surface area contributed by atoms with Gasteiger partial charge in [0.2, 0.25) is 0 Å². The zero-order valence-electron chi connectivity index (χ0n) is 18.0. The molecule has 0 spiro atoms. The number of anilines is 1. The Hall–Kier alpha value is -3.30. The van der Waals surface area contributed by atoms with E-state index in [-0.39, 0.29) is 13.2 Å². The lowest BCUT2D eigenvalue weighted by atomic mass is 10.1. The molecule has 0 radical (unpaired) electrons. The maximum atomic E-state index is 12.5. The molecule has 10 heteroatoms. The van der Waals surface area contributed by atoms with Crippen molar-refractivity contribution >= 4 is 29.8 Å². The molecule has 0 saturated heterocycles. The van der Waals surface area contributed by atoms with Crippen LogP contribution in [0.4, 0.5) is 15.3 Å². The van der Waals surface area contributed by atoms with Crippen molar-refractivity contribution in [2.75, 3.05) is 18.1 Å². The van der Waals surface area contributed by atoms with Gasteiger partial charge in [0.25, 0.3) is 0 Å². The van der Waals surface area contributed by atoms with Gasteiger partial charge in [0, 0.05) is 18.2 Å². The largest absolute Gasteiger partial charge is 0.480 e. The lowest BCUT2D eigenvalue weighted by Crippen LogP contribution is -2.46. The van der Waals surface area contributed by atoms with Crippen molar-refractivity contribution in [2.45, 2.75) is 39.3 Å². The minimum atomic E-state index is -1.40. The second-order valence-corrected chi connectivity index (χ2v) is 8.27. The van der Waals surface area contributed by atoms with Gasteiger partial charge < -0.3 is 25.6 Å². The van der Waals surface area contributed by atoms with Crippen molar-refractivity contribution in [1.82, 2.24) is 5.32 Å². The van der Waals surface area contributed by atoms with Gasteiger partial charge in [-0.2, -0.15) is 0 Å². The molecule has 1 aliphatic carbocycles. The molecule has 10 nitrogen and oxygen atoms in total. The summed E-state index contributed by atoms with van der Waals surface area (Å²) in [6.07, 6.45) is -0.914. The minimum Gasteiger partial charge on any atom is -0.480 e. The summed E-state index contributed by atoms with van der Waals surface area (Å²) in [5.74, 6) is -4.11. The Bertz CT molecular complexity index is 822. The molecule has 1 aromatic rings. The zero-order chi connectivity index (χ0) is 23.3. The summed E-state index contributed by atoms with van der Waals surface area (Å²) < 4.78 is 10.2. The molecule has 1 aliphatic rings. The first kappa shape index (κ1) is 24.0. The molecule has 3 amide bonds. The first-order valence-corrected chi connectivity index (χ1v) is 9.97. The Balaban J connectivity index is 2.26. The Morgan fingerprint density at radius 1 is 1.19 bits per heavy atom. The summed E-state index contributed by atoms with van der Waals surface area (Å²) in [6, 6.07) is 6.43. The summed E-state index contributed by atoms with van der Waals surface area (Å²) in [4.78, 5) is 49.9. The predicted octanol–water partition coefficient (Wildman–Crippen LogP) is 1.97. The molecule has 1 saturated carbocycles. The van der Waals surface area contributed by atoms with Crippen LogP contribution in [-0.4, -0.2) is 54.0 Å². The second kappa shape index (κ2) is 9.67. The fourth-order valence-corrected chi connectivity index (χ4v) is 3.56. The van der Waals surface area contributed by atoms with E-state index in [1.54, 1.807) is 58.0 Å². The molecule has 3 unspecified atom stereocenters. The van der Waals surface area contributed by atoms with E-state index in [2.05, 4.69) is 5.32 Å². The van der Waals surface area contributed by atoms with Gasteiger partial charge in [-0.3, -0.25) is 9.69 Å². The Morgan fingerprint density at radius 3 is 2.29 bits per heavy atom. The molecule has 0 bridgehead atoms. The molecular weight excluding hydrogens is 406 g/mol. The maximum absolute atomic E-state index is 12.5. The lowest BCUT2D eigenvalue weighted by Gasteiger charge is -2.23. The second-order valence-electron chi connectivity index (χ2n) is 8.27. The molecule has 1 fully saturated rings. The Kier molecular flexibility index (Phi) is 7.48. The number of hydrogen-bond acceptors (Lipinski definition) is 6. The number of nitrogens with zero attached hydrogens (tertiary/aromatic N) is 1. The van der Waals surface area contributed by atoms with Crippen molar-refractivity contribution in [2.24, 2.45) is 23.5 Å². The van der Waals surface area contributed by atoms with E-state index < -0.39 is 53.5 Å². The highest BCUT2D eigenvalue weighted by Crippen LogP contribution is 2.50. The van der Waals surface area contributed by atoms with Crippen LogP contribution in [0.3, 0.4) is 0 Å². The quantitative estimate of drug-likeness (QED) is 0.529. The molecule has 4 N–H and O–H groups in total. The first-order chi connectivity index (χ1) is 14.5. The molecule has 0 aromatic heterocycles. The SMILES string of the molecule is CCOC(=O)C1C(CN(C(N)=O)c2ccccc2)C1[C@H](NC(=O)OC(C)(C)C)C(=O)O. The van der Waals surface area contributed by atoms with Gasteiger partial charge in [0.05, 0.1) is 12.5 Å². The number of aliphatic carboxylic acids is 1. The van der Waals surface area contributed by atoms with Crippen molar-refractivity contribution in [1.29, 1.82) is 0 Å². The van der Waals surface area contributed by atoms with Crippen molar-refractivity contribution in [3.8, 4) is 0 Å². The van der Waals surface area contributed by atoms with Crippen LogP contribution < -0.4 is 16.0 Å². The third-order valence-electron chi connectivity index (χ3n) is 4.84. The summed E-state index contributed by atoms with van der Waals surface area (Å²) >= 11 is 0. The number of nitrogens with one attached hydrogen (secondary N) is 1. The highest BCUT2D eigenvalue weighted by Gasteiger charge is 2.62. The fraction of sp³-hybridized carbons (Fsp3) is 0.524. The van der Waals surface area contributed by atoms with Gasteiger partial charge in [0.15, 0.2) is 0 Å². The number of hydrogen-bond donors (Lipinski definition) is 3. The molecular formula is C21H29N3O7. The topological polar surface area (TPSA) is 148 Å². The number of carboxylic acid groups (broad SMARTS) is 1. The number of esters is 1. The number of carbonyl (C=O) groups is 4. The minimum absolute atomic E-state index is 0.00667. The number of para-hydroxylation sites is 1. The van der Waals surface area contributed by atoms with E-state index in [0.717, 1.165) is 0 Å². The van der Waals surface area contributed by atoms with Crippen molar-refractivity contribution < 1.29 is 33.8 Å². The smallest absolute Gasteiger partial charge is 0.408 e. The van der Waals surface area contributed by atoms with Crippen molar-refractivity contribution in [3.63, 3.8) is 0 Å². The van der Waals surface area contributed by atoms with Crippen LogP contribution in [0.5, 0.6) is 0 Å². The lowest BCUT2D eigenvalue weighted by molar-refractivity contribution is -0.145. The number of nitrogens with two attached hydrogens (primary N) is 1. The number of carboxylic acids is 1. The summed E-state index contributed by atoms with van der Waals surface area (Å²) in [5.41, 5.74) is 5.20. The number of benzene rings is 1. The van der Waals surface area contributed by atoms with Crippen LogP contribution in [0.25, 0.3) is 0 Å². The van der Waals surface area contributed by atoms with E-state index in [9.17, 15) is 24.3 Å². The molecule has 170 valence electrons. The standard InChI is InChI=1S/C21H29N3O7/c1-5-30-18(27)15-13(11-24(19(22)28)12-9-7-6-8-10-12)14(15)16(17(25)26)23-20(29)31-21(2,3)4/h6-10,13-16H,5,11H2,1-4H3,(H2,22,28)(H,23,29)(H,25,26)/t13?,14?,15?,16-/m0/s1. The van der Waals surface area contributed by atoms with Crippen LogP contribution in [0.1, 0.15) is 27.7 Å². The number of alkyl carbamates (subject to hydrolysis) is 1. The number of rotatable bonds is 8. The van der Waals surface area contributed by atoms with Crippen LogP contribution in [-0.2, 0) is 19.1 Å². The number of carbonyl (C=O) groups excluding carboxylic acids is 3. The zero-order valence-corrected chi connectivity index (χ0v) is 18.0. The average molecular weight is 435 g/mol. The van der Waals surface area contributed by atoms with E-state index in [1.807, 2.05) is 0 Å². The van der Waals surface area contributed by atoms with Crippen LogP contribution in [0, 0.1) is 17.8 Å². The van der Waals surface area contributed by atoms with Gasteiger partial charge in [-0.1, -0.05) is 18.2 Å². The van der Waals surface area contributed by atoms with Crippen molar-refractivity contribution in [3.05, 3.63) is 30.3 Å². The highest BCUT2D eigenvalue weighted by molar-refractivity contribution is 5.91. The molecule has 0 heterocycles. The highest BCUT2D eigenvalue weighted by atomic mass is 16.6. The van der Waals surface area contributed by atoms with E-state index in [0.29, 0.717) is 5.69 Å². The third-order valence-corrected chi connectivity index (χ3v) is 4.84. The van der Waals surface area contributed by atoms with Crippen LogP contribution in [0.2, 0.25) is 0 Å². The molecule has 0 aliphatic heterocycles. The van der Waals surface area contributed by atoms with Gasteiger partial charge in [-0.25, -0.2) is 14.4 Å². The maximum Gasteiger partial charge on any atom is 0.408 e. The Morgan fingerprint density at radius 2 is 1.81 bits per heavy atom. The number of urea groups is 1. The van der Waals surface area contributed by atoms with E-state index in [4.69, 9.17) is 15.2 Å². The van der Waals surface area contributed by atoms with Gasteiger partial charge in [-0.05, 0) is 45.7 Å². The normalized spacial score (nSPS) is 20.8. The molecule has 1 aromatic carbocycles. The predicted molar refractivity (Wildman–Crippen MR) is 111 cm³/mol. The van der Waals surface area contributed by atoms with Crippen LogP contribution >= 0.6 is 0 Å². The van der Waals surface area contributed by atoms with E-state index >= 15 is 0 Å². The third kappa shape index (κ3) is 6.34. The fourth-order valence-electron chi connectivity index (χ4n) is 3.56. The monoisotopic (exact) mass is 435 g/mol. The number of primary amides is 1. The average Bonchev–Trinajstić information content (AvgIpc) is 3.36. The molecule has 2 rings (SSSR count). The van der Waals surface area contributed by atoms with Gasteiger partial charge in [-0.15, -0.1) is 0 Å². The summed E-state index contributed by atoms with van der Waals surface area (Å²) in [6.45, 7) is 6.69. The Labute approximate surface area is 180 Å². The first-order valence-electron chi connectivity index (χ1n) is 9.97. The number of ether oxygens (including phenoxy) is 2. The summed E-state index contributed by atoms with van der Waals surface area (Å²) in [5, 5.41) is 12.0. The van der Waals surface area contributed by atoms with Gasteiger partial charge >= 0.3 is 24.1 Å².